The van der Waals surface area contributed by atoms with Crippen LogP contribution >= 0.6 is 11.6 Å². The molecule has 1 fully saturated rings. The van der Waals surface area contributed by atoms with Crippen LogP contribution in [-0.2, 0) is 0 Å². The van der Waals surface area contributed by atoms with E-state index in [1.54, 1.807) is 0 Å². The summed E-state index contributed by atoms with van der Waals surface area (Å²) in [4.78, 5) is 0. The minimum atomic E-state index is 0.507. The van der Waals surface area contributed by atoms with Crippen LogP contribution in [0.1, 0.15) is 50.7 Å². The van der Waals surface area contributed by atoms with Crippen molar-refractivity contribution in [1.29, 1.82) is 0 Å². The lowest BCUT2D eigenvalue weighted by atomic mass is 9.78. The first-order valence-electron chi connectivity index (χ1n) is 7.26. The highest BCUT2D eigenvalue weighted by Gasteiger charge is 2.28. The van der Waals surface area contributed by atoms with Gasteiger partial charge in [-0.25, -0.2) is 0 Å². The molecule has 19 heavy (non-hydrogen) atoms. The third-order valence-corrected chi connectivity index (χ3v) is 4.82. The Balaban J connectivity index is 2.17. The van der Waals surface area contributed by atoms with Crippen LogP contribution in [0.2, 0.25) is 5.15 Å². The van der Waals surface area contributed by atoms with Crippen molar-refractivity contribution in [1.82, 2.24) is 10.2 Å². The smallest absolute Gasteiger partial charge is 0.155 e. The first-order valence-corrected chi connectivity index (χ1v) is 7.64. The standard InChI is InChI=1S/C15H24ClN3/c1-9(2)12-7-5-6-8-13(12)17-15-11(4)10(3)14(16)18-19-15/h9,12-13H,5-8H2,1-4H3,(H,17,19). The normalized spacial score (nSPS) is 23.7. The van der Waals surface area contributed by atoms with Crippen LogP contribution in [0.5, 0.6) is 0 Å². The first kappa shape index (κ1) is 14.6. The summed E-state index contributed by atoms with van der Waals surface area (Å²) in [6.07, 6.45) is 5.20. The fourth-order valence-corrected chi connectivity index (χ4v) is 3.21. The zero-order chi connectivity index (χ0) is 14.0. The summed E-state index contributed by atoms with van der Waals surface area (Å²) in [5.41, 5.74) is 2.14. The van der Waals surface area contributed by atoms with Crippen molar-refractivity contribution in [2.24, 2.45) is 11.8 Å². The Morgan fingerprint density at radius 2 is 1.79 bits per heavy atom. The van der Waals surface area contributed by atoms with Crippen molar-refractivity contribution in [3.8, 4) is 0 Å². The molecule has 1 saturated carbocycles. The van der Waals surface area contributed by atoms with Crippen molar-refractivity contribution < 1.29 is 0 Å². The molecule has 0 aromatic carbocycles. The molecule has 2 unspecified atom stereocenters. The molecule has 3 nitrogen and oxygen atoms in total. The zero-order valence-corrected chi connectivity index (χ0v) is 13.1. The molecule has 1 aliphatic carbocycles. The summed E-state index contributed by atoms with van der Waals surface area (Å²) in [6.45, 7) is 8.69. The van der Waals surface area contributed by atoms with Crippen LogP contribution in [-0.4, -0.2) is 16.2 Å². The first-order chi connectivity index (χ1) is 9.00. The van der Waals surface area contributed by atoms with Crippen molar-refractivity contribution in [2.45, 2.75) is 59.4 Å². The maximum Gasteiger partial charge on any atom is 0.155 e. The van der Waals surface area contributed by atoms with Gasteiger partial charge in [0.05, 0.1) is 0 Å². The van der Waals surface area contributed by atoms with Crippen molar-refractivity contribution in [3.63, 3.8) is 0 Å². The number of rotatable bonds is 3. The summed E-state index contributed by atoms with van der Waals surface area (Å²) in [5, 5.41) is 12.4. The quantitative estimate of drug-likeness (QED) is 0.894. The SMILES string of the molecule is Cc1c(Cl)nnc(NC2CCCCC2C(C)C)c1C. The summed E-state index contributed by atoms with van der Waals surface area (Å²) in [6, 6.07) is 0.516. The van der Waals surface area contributed by atoms with Gasteiger partial charge in [0.15, 0.2) is 11.0 Å². The largest absolute Gasteiger partial charge is 0.365 e. The molecule has 0 bridgehead atoms. The van der Waals surface area contributed by atoms with E-state index in [4.69, 9.17) is 11.6 Å². The molecule has 0 spiro atoms. The van der Waals surface area contributed by atoms with Gasteiger partial charge in [0.25, 0.3) is 0 Å². The van der Waals surface area contributed by atoms with E-state index in [-0.39, 0.29) is 0 Å². The lowest BCUT2D eigenvalue weighted by Gasteiger charge is -2.35. The minimum Gasteiger partial charge on any atom is -0.365 e. The van der Waals surface area contributed by atoms with Crippen molar-refractivity contribution in [3.05, 3.63) is 16.3 Å². The lowest BCUT2D eigenvalue weighted by molar-refractivity contribution is 0.253. The summed E-state index contributed by atoms with van der Waals surface area (Å²) in [7, 11) is 0. The van der Waals surface area contributed by atoms with E-state index in [0.717, 1.165) is 22.9 Å². The van der Waals surface area contributed by atoms with Crippen LogP contribution in [0.25, 0.3) is 0 Å². The Morgan fingerprint density at radius 1 is 1.11 bits per heavy atom. The Bertz CT molecular complexity index is 445. The molecule has 1 N–H and O–H groups in total. The van der Waals surface area contributed by atoms with Crippen molar-refractivity contribution >= 4 is 17.4 Å². The van der Waals surface area contributed by atoms with Gasteiger partial charge in [-0.3, -0.25) is 0 Å². The Morgan fingerprint density at radius 3 is 2.47 bits per heavy atom. The molecule has 1 heterocycles. The predicted molar refractivity (Wildman–Crippen MR) is 80.7 cm³/mol. The monoisotopic (exact) mass is 281 g/mol. The second kappa shape index (κ2) is 6.08. The average Bonchev–Trinajstić information content (AvgIpc) is 2.40. The predicted octanol–water partition coefficient (Wildman–Crippen LogP) is 4.37. The fraction of sp³-hybridized carbons (Fsp3) is 0.733. The maximum absolute atomic E-state index is 6.01. The van der Waals surface area contributed by atoms with Gasteiger partial charge in [0.1, 0.15) is 0 Å². The van der Waals surface area contributed by atoms with E-state index < -0.39 is 0 Å². The van der Waals surface area contributed by atoms with Gasteiger partial charge in [-0.1, -0.05) is 38.3 Å². The van der Waals surface area contributed by atoms with Crippen LogP contribution < -0.4 is 5.32 Å². The number of aromatic nitrogens is 2. The van der Waals surface area contributed by atoms with Gasteiger partial charge >= 0.3 is 0 Å². The van der Waals surface area contributed by atoms with Gasteiger partial charge in [0.2, 0.25) is 0 Å². The molecule has 2 rings (SSSR count). The number of nitrogens with zero attached hydrogens (tertiary/aromatic N) is 2. The summed E-state index contributed by atoms with van der Waals surface area (Å²) >= 11 is 6.01. The van der Waals surface area contributed by atoms with Gasteiger partial charge in [-0.05, 0) is 49.7 Å². The van der Waals surface area contributed by atoms with E-state index in [2.05, 4.69) is 36.3 Å². The molecule has 0 amide bonds. The van der Waals surface area contributed by atoms with Crippen LogP contribution in [0.15, 0.2) is 0 Å². The van der Waals surface area contributed by atoms with Gasteiger partial charge in [0, 0.05) is 6.04 Å². The van der Waals surface area contributed by atoms with Gasteiger partial charge < -0.3 is 5.32 Å². The van der Waals surface area contributed by atoms with E-state index in [1.807, 2.05) is 6.92 Å². The topological polar surface area (TPSA) is 37.8 Å². The molecule has 2 atom stereocenters. The average molecular weight is 282 g/mol. The van der Waals surface area contributed by atoms with Gasteiger partial charge in [-0.2, -0.15) is 0 Å². The Kier molecular flexibility index (Phi) is 4.67. The molecule has 4 heteroatoms. The number of hydrogen-bond donors (Lipinski definition) is 1. The number of hydrogen-bond acceptors (Lipinski definition) is 3. The van der Waals surface area contributed by atoms with Crippen LogP contribution in [0.3, 0.4) is 0 Å². The highest BCUT2D eigenvalue weighted by molar-refractivity contribution is 6.30. The third kappa shape index (κ3) is 3.19. The minimum absolute atomic E-state index is 0.507. The molecule has 0 saturated heterocycles. The molecule has 1 aromatic rings. The highest BCUT2D eigenvalue weighted by atomic mass is 35.5. The van der Waals surface area contributed by atoms with Crippen LogP contribution in [0, 0.1) is 25.7 Å². The second-order valence-electron chi connectivity index (χ2n) is 6.03. The molecule has 106 valence electrons. The summed E-state index contributed by atoms with van der Waals surface area (Å²) < 4.78 is 0. The lowest BCUT2D eigenvalue weighted by Crippen LogP contribution is -2.35. The highest BCUT2D eigenvalue weighted by Crippen LogP contribution is 2.33. The Labute approximate surface area is 121 Å². The maximum atomic E-state index is 6.01. The molecule has 0 radical (unpaired) electrons. The molecule has 0 aliphatic heterocycles. The van der Waals surface area contributed by atoms with Gasteiger partial charge in [-0.15, -0.1) is 10.2 Å². The molecule has 1 aliphatic rings. The number of nitrogens with one attached hydrogen (secondary N) is 1. The number of halogens is 1. The second-order valence-corrected chi connectivity index (χ2v) is 6.39. The Hall–Kier alpha value is -0.830. The molecular weight excluding hydrogens is 258 g/mol. The molecular formula is C15H24ClN3. The number of anilines is 1. The van der Waals surface area contributed by atoms with E-state index in [0.29, 0.717) is 17.1 Å². The summed E-state index contributed by atoms with van der Waals surface area (Å²) in [5.74, 6) is 2.34. The van der Waals surface area contributed by atoms with Crippen molar-refractivity contribution in [2.75, 3.05) is 5.32 Å². The third-order valence-electron chi connectivity index (χ3n) is 4.46. The van der Waals surface area contributed by atoms with Crippen LogP contribution in [0.4, 0.5) is 5.82 Å². The zero-order valence-electron chi connectivity index (χ0n) is 12.3. The molecule has 1 aromatic heterocycles. The van der Waals surface area contributed by atoms with E-state index >= 15 is 0 Å². The van der Waals surface area contributed by atoms with E-state index in [1.165, 1.54) is 25.7 Å². The van der Waals surface area contributed by atoms with E-state index in [9.17, 15) is 0 Å². The fourth-order valence-electron chi connectivity index (χ4n) is 3.03.